The van der Waals surface area contributed by atoms with Gasteiger partial charge in [-0.15, -0.1) is 0 Å². The number of rotatable bonds is 13. The number of aryl methyl sites for hydroxylation is 2. The van der Waals surface area contributed by atoms with Crippen molar-refractivity contribution in [1.29, 1.82) is 0 Å². The van der Waals surface area contributed by atoms with Gasteiger partial charge in [-0.05, 0) is 155 Å². The summed E-state index contributed by atoms with van der Waals surface area (Å²) in [6, 6.07) is 91.7. The van der Waals surface area contributed by atoms with E-state index in [1.807, 2.05) is 0 Å². The molecule has 0 heterocycles. The molecule has 0 spiro atoms. The van der Waals surface area contributed by atoms with Gasteiger partial charge in [0, 0.05) is 42.3 Å². The maximum Gasteiger partial charge on any atom is 0.0601 e. The van der Waals surface area contributed by atoms with Gasteiger partial charge in [0.15, 0.2) is 0 Å². The Hall–Kier alpha value is -7.50. The number of para-hydroxylation sites is 2. The van der Waals surface area contributed by atoms with Crippen LogP contribution in [0.2, 0.25) is 0 Å². The van der Waals surface area contributed by atoms with Crippen molar-refractivity contribution in [2.75, 3.05) is 9.80 Å². The topological polar surface area (TPSA) is 6.48 Å². The summed E-state index contributed by atoms with van der Waals surface area (Å²) in [5.74, 6) is 0. The summed E-state index contributed by atoms with van der Waals surface area (Å²) in [5, 5.41) is 0. The third-order valence-corrected chi connectivity index (χ3v) is 14.0. The highest BCUT2D eigenvalue weighted by molar-refractivity contribution is 7.99. The molecule has 0 aliphatic rings. The third kappa shape index (κ3) is 9.34. The second-order valence-corrected chi connectivity index (χ2v) is 18.5. The molecule has 10 aromatic carbocycles. The maximum atomic E-state index is 2.42. The number of anilines is 6. The molecule has 2 nitrogen and oxygen atoms in total. The number of nitrogens with zero attached hydrogens (tertiary/aromatic N) is 2. The Kier molecular flexibility index (Phi) is 12.7. The highest BCUT2D eigenvalue weighted by atomic mass is 32.2. The summed E-state index contributed by atoms with van der Waals surface area (Å²) in [7, 11) is 0. The Morgan fingerprint density at radius 3 is 0.924 bits per heavy atom. The zero-order valence-electron chi connectivity index (χ0n) is 37.0. The molecular weight excluding hydrogens is 837 g/mol. The van der Waals surface area contributed by atoms with Gasteiger partial charge >= 0.3 is 0 Å². The molecule has 0 saturated carbocycles. The predicted molar refractivity (Wildman–Crippen MR) is 283 cm³/mol. The van der Waals surface area contributed by atoms with E-state index in [1.54, 1.807) is 23.5 Å². The molecule has 0 aliphatic carbocycles. The first-order valence-corrected chi connectivity index (χ1v) is 24.0. The van der Waals surface area contributed by atoms with Gasteiger partial charge in [0.1, 0.15) is 0 Å². The highest BCUT2D eigenvalue weighted by Gasteiger charge is 2.22. The minimum Gasteiger partial charge on any atom is -0.309 e. The van der Waals surface area contributed by atoms with E-state index in [0.29, 0.717) is 0 Å². The lowest BCUT2D eigenvalue weighted by Crippen LogP contribution is -2.13. The first-order chi connectivity index (χ1) is 32.6. The molecule has 0 radical (unpaired) electrons. The van der Waals surface area contributed by atoms with Crippen LogP contribution in [0.4, 0.5) is 34.1 Å². The number of hydrogen-bond acceptors (Lipinski definition) is 4. The summed E-state index contributed by atoms with van der Waals surface area (Å²) in [4.78, 5) is 9.62. The molecule has 66 heavy (non-hydrogen) atoms. The summed E-state index contributed by atoms with van der Waals surface area (Å²) >= 11 is 3.59. The van der Waals surface area contributed by atoms with Crippen LogP contribution in [-0.4, -0.2) is 0 Å². The van der Waals surface area contributed by atoms with Crippen LogP contribution in [0.1, 0.15) is 11.1 Å². The molecule has 4 heteroatoms. The van der Waals surface area contributed by atoms with Crippen LogP contribution >= 0.6 is 23.5 Å². The van der Waals surface area contributed by atoms with Gasteiger partial charge in [-0.2, -0.15) is 0 Å². The van der Waals surface area contributed by atoms with E-state index < -0.39 is 0 Å². The predicted octanol–water partition coefficient (Wildman–Crippen LogP) is 18.5. The molecule has 0 aliphatic heterocycles. The normalized spacial score (nSPS) is 11.0. The second kappa shape index (κ2) is 19.7. The lowest BCUT2D eigenvalue weighted by atomic mass is 9.98. The molecule has 0 bridgehead atoms. The Balaban J connectivity index is 1.03. The Morgan fingerprint density at radius 2 is 0.561 bits per heavy atom. The average molecular weight is 885 g/mol. The van der Waals surface area contributed by atoms with Crippen LogP contribution in [0.15, 0.2) is 274 Å². The quantitative estimate of drug-likeness (QED) is 0.114. The molecule has 0 amide bonds. The van der Waals surface area contributed by atoms with Gasteiger partial charge in [-0.3, -0.25) is 0 Å². The van der Waals surface area contributed by atoms with Gasteiger partial charge in [0.05, 0.1) is 11.4 Å². The van der Waals surface area contributed by atoms with Crippen molar-refractivity contribution < 1.29 is 0 Å². The minimum atomic E-state index is 1.11. The van der Waals surface area contributed by atoms with Crippen LogP contribution in [0.5, 0.6) is 0 Å². The molecule has 0 fully saturated rings. The maximum absolute atomic E-state index is 2.42. The first kappa shape index (κ1) is 42.5. The zero-order valence-corrected chi connectivity index (χ0v) is 38.6. The Bertz CT molecular complexity index is 2970. The molecule has 0 aromatic heterocycles. The largest absolute Gasteiger partial charge is 0.309 e. The third-order valence-electron chi connectivity index (χ3n) is 11.8. The minimum absolute atomic E-state index is 1.11. The summed E-state index contributed by atoms with van der Waals surface area (Å²) in [6.07, 6.45) is 0. The molecule has 0 unspecified atom stereocenters. The lowest BCUT2D eigenvalue weighted by Gasteiger charge is -2.30. The fraction of sp³-hybridized carbons (Fsp3) is 0.0323. The molecule has 318 valence electrons. The second-order valence-electron chi connectivity index (χ2n) is 16.3. The van der Waals surface area contributed by atoms with Crippen LogP contribution in [0.3, 0.4) is 0 Å². The lowest BCUT2D eigenvalue weighted by molar-refractivity contribution is 1.20. The molecular formula is C62H48N2S2. The summed E-state index contributed by atoms with van der Waals surface area (Å²) < 4.78 is 0. The zero-order chi connectivity index (χ0) is 44.7. The van der Waals surface area contributed by atoms with E-state index in [2.05, 4.69) is 278 Å². The number of hydrogen-bond donors (Lipinski definition) is 0. The molecule has 10 rings (SSSR count). The molecule has 0 N–H and O–H groups in total. The van der Waals surface area contributed by atoms with Crippen molar-refractivity contribution in [3.8, 4) is 33.4 Å². The van der Waals surface area contributed by atoms with Crippen molar-refractivity contribution in [3.63, 3.8) is 0 Å². The van der Waals surface area contributed by atoms with E-state index in [0.717, 1.165) is 34.1 Å². The van der Waals surface area contributed by atoms with E-state index in [-0.39, 0.29) is 0 Å². The van der Waals surface area contributed by atoms with Crippen molar-refractivity contribution in [2.45, 2.75) is 33.4 Å². The van der Waals surface area contributed by atoms with Gasteiger partial charge in [-0.1, -0.05) is 181 Å². The van der Waals surface area contributed by atoms with Crippen molar-refractivity contribution >= 4 is 57.6 Å². The smallest absolute Gasteiger partial charge is 0.0601 e. The van der Waals surface area contributed by atoms with Crippen LogP contribution in [-0.2, 0) is 0 Å². The van der Waals surface area contributed by atoms with E-state index >= 15 is 0 Å². The average Bonchev–Trinajstić information content (AvgIpc) is 3.37. The van der Waals surface area contributed by atoms with Crippen molar-refractivity contribution in [3.05, 3.63) is 266 Å². The molecule has 10 aromatic rings. The van der Waals surface area contributed by atoms with Gasteiger partial charge in [0.2, 0.25) is 0 Å². The van der Waals surface area contributed by atoms with Crippen LogP contribution in [0.25, 0.3) is 33.4 Å². The molecule has 0 saturated heterocycles. The van der Waals surface area contributed by atoms with Crippen molar-refractivity contribution in [1.82, 2.24) is 0 Å². The first-order valence-electron chi connectivity index (χ1n) is 22.3. The summed E-state index contributed by atoms with van der Waals surface area (Å²) in [6.45, 7) is 4.47. The van der Waals surface area contributed by atoms with Gasteiger partial charge in [0.25, 0.3) is 0 Å². The van der Waals surface area contributed by atoms with Gasteiger partial charge in [-0.25, -0.2) is 0 Å². The molecule has 0 atom stereocenters. The summed E-state index contributed by atoms with van der Waals surface area (Å²) in [5.41, 5.74) is 16.3. The monoisotopic (exact) mass is 884 g/mol. The van der Waals surface area contributed by atoms with Gasteiger partial charge < -0.3 is 9.80 Å². The van der Waals surface area contributed by atoms with E-state index in [4.69, 9.17) is 0 Å². The fourth-order valence-electron chi connectivity index (χ4n) is 8.54. The van der Waals surface area contributed by atoms with Crippen LogP contribution in [0, 0.1) is 13.8 Å². The SMILES string of the molecule is Cc1cc(-c2ccc(N(c3ccc(-c4ccccc4)cc3)c3ccccc3Sc3ccccc3)c(C)c2)ccc1N(c1ccc(-c2ccccc2)cc1)c1ccccc1Sc1ccccc1. The highest BCUT2D eigenvalue weighted by Crippen LogP contribution is 2.47. The standard InChI is InChI=1S/C62H48N2S2/c1-45-43-51(35-41-57(45)63(53-37-31-49(32-38-53)47-19-7-3-8-20-47)59-27-15-17-29-61(59)65-55-23-11-5-12-24-55)52-36-42-58(46(2)44-52)64(54-39-33-50(34-40-54)48-21-9-4-10-22-48)60-28-16-18-30-62(60)66-56-25-13-6-14-26-56/h3-44H,1-2H3. The number of benzene rings is 10. The van der Waals surface area contributed by atoms with Crippen LogP contribution < -0.4 is 9.80 Å². The Labute approximate surface area is 397 Å². The van der Waals surface area contributed by atoms with Crippen molar-refractivity contribution in [2.24, 2.45) is 0 Å². The fourth-order valence-corrected chi connectivity index (χ4v) is 10.5. The Morgan fingerprint density at radius 1 is 0.258 bits per heavy atom. The van der Waals surface area contributed by atoms with E-state index in [1.165, 1.54) is 64.1 Å². The van der Waals surface area contributed by atoms with E-state index in [9.17, 15) is 0 Å².